The van der Waals surface area contributed by atoms with Crippen molar-refractivity contribution < 1.29 is 37.5 Å². The van der Waals surface area contributed by atoms with Crippen molar-refractivity contribution in [2.24, 2.45) is 0 Å². The van der Waals surface area contributed by atoms with Gasteiger partial charge in [-0.05, 0) is 12.0 Å². The van der Waals surface area contributed by atoms with Crippen molar-refractivity contribution in [3.8, 4) is 0 Å². The molecule has 1 nitrogen and oxygen atoms in total. The Morgan fingerprint density at radius 3 is 2.20 bits per heavy atom. The third-order valence-electron chi connectivity index (χ3n) is 4.05. The molecule has 1 radical (unpaired) electrons. The summed E-state index contributed by atoms with van der Waals surface area (Å²) in [5.74, 6) is 0.200. The van der Waals surface area contributed by atoms with Crippen LogP contribution in [0.4, 0.5) is 0 Å². The van der Waals surface area contributed by atoms with Gasteiger partial charge in [-0.15, -0.1) is 0 Å². The molecule has 0 saturated carbocycles. The van der Waals surface area contributed by atoms with Crippen molar-refractivity contribution in [2.45, 2.75) is 53.7 Å². The fraction of sp³-hybridized carbons (Fsp3) is 0.364. The van der Waals surface area contributed by atoms with Gasteiger partial charge in [0.15, 0.2) is 12.5 Å². The molecule has 1 aliphatic rings. The first kappa shape index (κ1) is 26.5. The topological polar surface area (TPSA) is 17.1 Å². The fourth-order valence-electron chi connectivity index (χ4n) is 2.88. The maximum atomic E-state index is 12.2. The van der Waals surface area contributed by atoms with Crippen molar-refractivity contribution in [1.82, 2.24) is 0 Å². The Bertz CT molecular complexity index is 611. The Morgan fingerprint density at radius 2 is 1.60 bits per heavy atom. The van der Waals surface area contributed by atoms with Gasteiger partial charge < -0.3 is 7.43 Å². The van der Waals surface area contributed by atoms with Crippen LogP contribution >= 0.6 is 0 Å². The van der Waals surface area contributed by atoms with Gasteiger partial charge in [0.1, 0.15) is 0 Å². The molecule has 3 rings (SSSR count). The predicted octanol–water partition coefficient (Wildman–Crippen LogP) is 5.50. The number of hydrogen-bond donors (Lipinski definition) is 0. The molecule has 0 amide bonds. The molecule has 2 aromatic carbocycles. The van der Waals surface area contributed by atoms with Gasteiger partial charge in [0.25, 0.3) is 0 Å². The molecule has 1 aliphatic heterocycles. The van der Waals surface area contributed by atoms with Gasteiger partial charge >= 0.3 is 0 Å². The van der Waals surface area contributed by atoms with E-state index in [1.807, 2.05) is 58.0 Å². The monoisotopic (exact) mass is 412 g/mol. The number of fused-ring (bicyclic) bond motifs is 1. The molecule has 133 valence electrons. The van der Waals surface area contributed by atoms with E-state index in [0.29, 0.717) is 13.1 Å². The third kappa shape index (κ3) is 7.58. The Labute approximate surface area is 181 Å². The van der Waals surface area contributed by atoms with E-state index in [9.17, 15) is 4.79 Å². The van der Waals surface area contributed by atoms with E-state index in [1.165, 1.54) is 23.8 Å². The molecule has 2 aromatic rings. The Balaban J connectivity index is 0. The molecule has 0 fully saturated rings. The van der Waals surface area contributed by atoms with Gasteiger partial charge in [-0.3, -0.25) is 4.79 Å². The Hall–Kier alpha value is -0.721. The average Bonchev–Trinajstić information content (AvgIpc) is 3.00. The molecule has 0 bridgehead atoms. The molecule has 0 spiro atoms. The minimum absolute atomic E-state index is 0. The zero-order valence-electron chi connectivity index (χ0n) is 16.8. The van der Waals surface area contributed by atoms with E-state index in [2.05, 4.69) is 25.0 Å². The van der Waals surface area contributed by atoms with Gasteiger partial charge in [-0.25, -0.2) is 0 Å². The molecule has 0 saturated heterocycles. The Morgan fingerprint density at radius 1 is 1.00 bits per heavy atom. The molecule has 0 unspecified atom stereocenters. The van der Waals surface area contributed by atoms with Crippen LogP contribution in [-0.4, -0.2) is 12.5 Å². The van der Waals surface area contributed by atoms with Crippen molar-refractivity contribution >= 4 is 18.0 Å². The standard InChI is InChI=1S/C17H17BO.2C2H6.CH3.Y/c1-18-10-9-14-8-7-13(11-16(14)18)12-17(19)15-5-3-2-4-6-15;2*1-2;;/h2-8,11H,9-10,12H2,1H3;2*1-2H3;1H3;/q;;;-1;. The second kappa shape index (κ2) is 14.4. The zero-order valence-corrected chi connectivity index (χ0v) is 19.6. The summed E-state index contributed by atoms with van der Waals surface area (Å²) < 4.78 is 0. The molecule has 0 N–H and O–H groups in total. The van der Waals surface area contributed by atoms with Crippen LogP contribution in [0.1, 0.15) is 49.2 Å². The van der Waals surface area contributed by atoms with Crippen LogP contribution in [0.15, 0.2) is 48.5 Å². The second-order valence-electron chi connectivity index (χ2n) is 5.44. The number of benzene rings is 2. The summed E-state index contributed by atoms with van der Waals surface area (Å²) in [5.41, 5.74) is 4.85. The van der Waals surface area contributed by atoms with E-state index < -0.39 is 0 Å². The van der Waals surface area contributed by atoms with Crippen molar-refractivity contribution in [3.05, 3.63) is 72.6 Å². The van der Waals surface area contributed by atoms with E-state index >= 15 is 0 Å². The number of carbonyl (C=O) groups is 1. The van der Waals surface area contributed by atoms with Crippen LogP contribution in [0.5, 0.6) is 0 Å². The summed E-state index contributed by atoms with van der Waals surface area (Å²) in [4.78, 5) is 12.2. The summed E-state index contributed by atoms with van der Waals surface area (Å²) in [6.45, 7) is 10.9. The molecular formula is C22H32BOY-. The van der Waals surface area contributed by atoms with Gasteiger partial charge in [0.2, 0.25) is 0 Å². The normalized spacial score (nSPS) is 10.7. The minimum Gasteiger partial charge on any atom is -0.358 e. The van der Waals surface area contributed by atoms with Crippen molar-refractivity contribution in [2.75, 3.05) is 0 Å². The number of rotatable bonds is 3. The summed E-state index contributed by atoms with van der Waals surface area (Å²) in [7, 11) is 0. The molecule has 0 atom stereocenters. The second-order valence-corrected chi connectivity index (χ2v) is 5.44. The maximum absolute atomic E-state index is 12.2. The number of carbonyl (C=O) groups excluding carboxylic acids is 1. The molecule has 0 aromatic heterocycles. The fourth-order valence-corrected chi connectivity index (χ4v) is 2.88. The number of aryl methyl sites for hydroxylation is 1. The van der Waals surface area contributed by atoms with Crippen LogP contribution in [0.2, 0.25) is 13.1 Å². The van der Waals surface area contributed by atoms with E-state index in [0.717, 1.165) is 11.1 Å². The van der Waals surface area contributed by atoms with E-state index in [4.69, 9.17) is 0 Å². The third-order valence-corrected chi connectivity index (χ3v) is 4.05. The van der Waals surface area contributed by atoms with Crippen LogP contribution in [0.3, 0.4) is 0 Å². The SMILES string of the molecule is CB1CCc2ccc(CC(=O)c3ccccc3)cc21.CC.CC.[CH3-].[Y]. The number of hydrogen-bond acceptors (Lipinski definition) is 1. The smallest absolute Gasteiger partial charge is 0.173 e. The quantitative estimate of drug-likeness (QED) is 0.370. The summed E-state index contributed by atoms with van der Waals surface area (Å²) >= 11 is 0. The van der Waals surface area contributed by atoms with Gasteiger partial charge in [-0.2, -0.15) is 0 Å². The first-order chi connectivity index (χ1) is 11.2. The van der Waals surface area contributed by atoms with E-state index in [-0.39, 0.29) is 45.9 Å². The predicted molar refractivity (Wildman–Crippen MR) is 110 cm³/mol. The molecule has 25 heavy (non-hydrogen) atoms. The maximum Gasteiger partial charge on any atom is 0.173 e. The van der Waals surface area contributed by atoms with Gasteiger partial charge in [-0.1, -0.05) is 100 Å². The van der Waals surface area contributed by atoms with Crippen LogP contribution in [0, 0.1) is 7.43 Å². The molecule has 0 aliphatic carbocycles. The number of Topliss-reactive ketones (excluding diaryl/α,β-unsaturated/α-hetero) is 1. The van der Waals surface area contributed by atoms with E-state index in [1.54, 1.807) is 0 Å². The summed E-state index contributed by atoms with van der Waals surface area (Å²) in [5, 5.41) is 0. The van der Waals surface area contributed by atoms with Gasteiger partial charge in [0, 0.05) is 44.7 Å². The van der Waals surface area contributed by atoms with Crippen molar-refractivity contribution in [1.29, 1.82) is 0 Å². The molecule has 1 heterocycles. The van der Waals surface area contributed by atoms with Gasteiger partial charge in [0.05, 0.1) is 0 Å². The molecular weight excluding hydrogens is 380 g/mol. The van der Waals surface area contributed by atoms with Crippen LogP contribution < -0.4 is 5.46 Å². The first-order valence-electron chi connectivity index (χ1n) is 8.94. The summed E-state index contributed by atoms with van der Waals surface area (Å²) in [6.07, 6.45) is 2.93. The largest absolute Gasteiger partial charge is 0.358 e. The Kier molecular flexibility index (Phi) is 15.3. The average molecular weight is 412 g/mol. The van der Waals surface area contributed by atoms with Crippen LogP contribution in [-0.2, 0) is 45.6 Å². The first-order valence-corrected chi connectivity index (χ1v) is 8.94. The number of ketones is 1. The zero-order chi connectivity index (χ0) is 17.2. The molecule has 3 heteroatoms. The minimum atomic E-state index is 0. The van der Waals surface area contributed by atoms with Crippen LogP contribution in [0.25, 0.3) is 0 Å². The van der Waals surface area contributed by atoms with Crippen molar-refractivity contribution in [3.63, 3.8) is 0 Å². The summed E-state index contributed by atoms with van der Waals surface area (Å²) in [6, 6.07) is 16.1.